The van der Waals surface area contributed by atoms with Gasteiger partial charge in [0.25, 0.3) is 5.91 Å². The largest absolute Gasteiger partial charge is 0.383 e. The molecule has 156 valence electrons. The number of hydrogen-bond donors (Lipinski definition) is 1. The highest BCUT2D eigenvalue weighted by atomic mass is 16.5. The molecule has 2 amide bonds. The lowest BCUT2D eigenvalue weighted by molar-refractivity contribution is -0.124. The molecule has 0 saturated carbocycles. The third kappa shape index (κ3) is 5.29. The van der Waals surface area contributed by atoms with Crippen molar-refractivity contribution in [3.63, 3.8) is 0 Å². The van der Waals surface area contributed by atoms with Crippen LogP contribution in [0, 0.1) is 0 Å². The van der Waals surface area contributed by atoms with Gasteiger partial charge in [0, 0.05) is 46.2 Å². The highest BCUT2D eigenvalue weighted by molar-refractivity contribution is 6.06. The van der Waals surface area contributed by atoms with Crippen LogP contribution in [0.5, 0.6) is 0 Å². The zero-order chi connectivity index (χ0) is 20.8. The lowest BCUT2D eigenvalue weighted by Crippen LogP contribution is -2.44. The fourth-order valence-corrected chi connectivity index (χ4v) is 3.36. The summed E-state index contributed by atoms with van der Waals surface area (Å²) < 4.78 is 10.9. The number of rotatable bonds is 7. The van der Waals surface area contributed by atoms with Gasteiger partial charge in [0.1, 0.15) is 6.10 Å². The number of hydrogen-bond acceptors (Lipinski definition) is 6. The van der Waals surface area contributed by atoms with Gasteiger partial charge in [0.2, 0.25) is 5.91 Å². The van der Waals surface area contributed by atoms with Crippen molar-refractivity contribution in [1.29, 1.82) is 0 Å². The van der Waals surface area contributed by atoms with Gasteiger partial charge >= 0.3 is 0 Å². The van der Waals surface area contributed by atoms with Crippen LogP contribution in [0.2, 0.25) is 0 Å². The quantitative estimate of drug-likeness (QED) is 0.700. The number of fused-ring (bicyclic) bond motifs is 1. The first-order valence-electron chi connectivity index (χ1n) is 9.70. The molecular weight excluding hydrogens is 372 g/mol. The molecule has 0 bridgehead atoms. The van der Waals surface area contributed by atoms with Gasteiger partial charge in [-0.1, -0.05) is 18.2 Å². The van der Waals surface area contributed by atoms with E-state index in [0.29, 0.717) is 50.7 Å². The van der Waals surface area contributed by atoms with Crippen molar-refractivity contribution in [3.05, 3.63) is 41.6 Å². The Balaban J connectivity index is 1.79. The van der Waals surface area contributed by atoms with E-state index >= 15 is 0 Å². The number of ether oxygens (including phenoxy) is 2. The second kappa shape index (κ2) is 9.78. The zero-order valence-corrected chi connectivity index (χ0v) is 17.2. The molecule has 1 N–H and O–H groups in total. The average molecular weight is 400 g/mol. The Hall–Kier alpha value is -2.55. The molecule has 3 rings (SSSR count). The molecule has 1 atom stereocenters. The first-order chi connectivity index (χ1) is 14.0. The van der Waals surface area contributed by atoms with E-state index < -0.39 is 0 Å². The predicted molar refractivity (Wildman–Crippen MR) is 110 cm³/mol. The summed E-state index contributed by atoms with van der Waals surface area (Å²) in [5.74, 6) is -0.118. The van der Waals surface area contributed by atoms with Gasteiger partial charge in [-0.15, -0.1) is 0 Å². The van der Waals surface area contributed by atoms with Crippen LogP contribution in [0.3, 0.4) is 0 Å². The van der Waals surface area contributed by atoms with Gasteiger partial charge in [-0.05, 0) is 12.1 Å². The maximum absolute atomic E-state index is 12.7. The van der Waals surface area contributed by atoms with Gasteiger partial charge in [0.15, 0.2) is 0 Å². The maximum atomic E-state index is 12.7. The van der Waals surface area contributed by atoms with Crippen LogP contribution >= 0.6 is 0 Å². The SMILES string of the molecule is COCCNC(=O)CN1CCO[C@H](c2cc(C(=O)N(C)C)c3ccccc3n2)C1. The number of pyridine rings is 1. The minimum atomic E-state index is -0.297. The Morgan fingerprint density at radius 1 is 1.34 bits per heavy atom. The van der Waals surface area contributed by atoms with Crippen LogP contribution in [-0.4, -0.2) is 87.2 Å². The summed E-state index contributed by atoms with van der Waals surface area (Å²) in [6.07, 6.45) is -0.297. The van der Waals surface area contributed by atoms with Gasteiger partial charge in [-0.3, -0.25) is 14.5 Å². The first-order valence-corrected chi connectivity index (χ1v) is 9.70. The Bertz CT molecular complexity index is 871. The molecule has 0 aliphatic carbocycles. The Morgan fingerprint density at radius 2 is 2.14 bits per heavy atom. The van der Waals surface area contributed by atoms with E-state index in [1.807, 2.05) is 35.2 Å². The predicted octanol–water partition coefficient (Wildman–Crippen LogP) is 1.07. The molecule has 2 heterocycles. The number of carbonyl (C=O) groups is 2. The topological polar surface area (TPSA) is 84.0 Å². The molecule has 0 radical (unpaired) electrons. The second-order valence-electron chi connectivity index (χ2n) is 7.25. The van der Waals surface area contributed by atoms with Gasteiger partial charge < -0.3 is 19.7 Å². The van der Waals surface area contributed by atoms with Crippen molar-refractivity contribution >= 4 is 22.7 Å². The smallest absolute Gasteiger partial charge is 0.254 e. The summed E-state index contributed by atoms with van der Waals surface area (Å²) in [5.41, 5.74) is 2.07. The zero-order valence-electron chi connectivity index (χ0n) is 17.2. The summed E-state index contributed by atoms with van der Waals surface area (Å²) >= 11 is 0. The third-order valence-corrected chi connectivity index (χ3v) is 4.85. The first kappa shape index (κ1) is 21.2. The summed E-state index contributed by atoms with van der Waals surface area (Å²) in [5, 5.41) is 3.65. The van der Waals surface area contributed by atoms with Gasteiger partial charge in [-0.25, -0.2) is 4.98 Å². The minimum absolute atomic E-state index is 0.0438. The Labute approximate surface area is 170 Å². The number of methoxy groups -OCH3 is 1. The van der Waals surface area contributed by atoms with E-state index in [-0.39, 0.29) is 17.9 Å². The standard InChI is InChI=1S/C21H28N4O4/c1-24(2)21(27)16-12-18(23-17-7-5-4-6-15(16)17)19-13-25(9-11-29-19)14-20(26)22-8-10-28-3/h4-7,12,19H,8-11,13-14H2,1-3H3,(H,22,26)/t19-/m0/s1. The molecule has 1 saturated heterocycles. The molecule has 1 aliphatic heterocycles. The van der Waals surface area contributed by atoms with E-state index in [9.17, 15) is 9.59 Å². The van der Waals surface area contributed by atoms with Gasteiger partial charge in [-0.2, -0.15) is 0 Å². The minimum Gasteiger partial charge on any atom is -0.383 e. The van der Waals surface area contributed by atoms with Crippen LogP contribution in [0.25, 0.3) is 10.9 Å². The monoisotopic (exact) mass is 400 g/mol. The molecule has 8 heteroatoms. The van der Waals surface area contributed by atoms with Crippen LogP contribution in [0.4, 0.5) is 0 Å². The van der Waals surface area contributed by atoms with E-state index in [1.54, 1.807) is 26.1 Å². The molecule has 0 spiro atoms. The summed E-state index contributed by atoms with van der Waals surface area (Å²) in [6, 6.07) is 9.42. The molecule has 1 aromatic heterocycles. The van der Waals surface area contributed by atoms with Crippen LogP contribution in [0.15, 0.2) is 30.3 Å². The number of benzene rings is 1. The lowest BCUT2D eigenvalue weighted by Gasteiger charge is -2.32. The highest BCUT2D eigenvalue weighted by Gasteiger charge is 2.26. The molecule has 1 aromatic carbocycles. The number of para-hydroxylation sites is 1. The lowest BCUT2D eigenvalue weighted by atomic mass is 10.0. The number of carbonyl (C=O) groups excluding carboxylic acids is 2. The van der Waals surface area contributed by atoms with E-state index in [1.165, 1.54) is 0 Å². The fraction of sp³-hybridized carbons (Fsp3) is 0.476. The van der Waals surface area contributed by atoms with Crippen molar-refractivity contribution in [2.75, 3.05) is 60.6 Å². The summed E-state index contributed by atoms with van der Waals surface area (Å²) in [7, 11) is 5.07. The second-order valence-corrected chi connectivity index (χ2v) is 7.25. The van der Waals surface area contributed by atoms with Crippen LogP contribution < -0.4 is 5.32 Å². The molecule has 8 nitrogen and oxygen atoms in total. The van der Waals surface area contributed by atoms with Gasteiger partial charge in [0.05, 0.1) is 36.5 Å². The maximum Gasteiger partial charge on any atom is 0.254 e. The summed E-state index contributed by atoms with van der Waals surface area (Å²) in [6.45, 7) is 2.98. The van der Waals surface area contributed by atoms with E-state index in [0.717, 1.165) is 10.9 Å². The molecule has 29 heavy (non-hydrogen) atoms. The fourth-order valence-electron chi connectivity index (χ4n) is 3.36. The van der Waals surface area contributed by atoms with Crippen molar-refractivity contribution < 1.29 is 19.1 Å². The Kier molecular flexibility index (Phi) is 7.13. The number of nitrogens with one attached hydrogen (secondary N) is 1. The third-order valence-electron chi connectivity index (χ3n) is 4.85. The summed E-state index contributed by atoms with van der Waals surface area (Å²) in [4.78, 5) is 33.2. The molecule has 1 fully saturated rings. The number of amides is 2. The molecule has 2 aromatic rings. The number of aromatic nitrogens is 1. The highest BCUT2D eigenvalue weighted by Crippen LogP contribution is 2.26. The van der Waals surface area contributed by atoms with Crippen LogP contribution in [-0.2, 0) is 14.3 Å². The van der Waals surface area contributed by atoms with E-state index in [4.69, 9.17) is 14.5 Å². The van der Waals surface area contributed by atoms with Crippen molar-refractivity contribution in [2.45, 2.75) is 6.10 Å². The number of nitrogens with zero attached hydrogens (tertiary/aromatic N) is 3. The number of morpholine rings is 1. The van der Waals surface area contributed by atoms with Crippen molar-refractivity contribution in [1.82, 2.24) is 20.1 Å². The average Bonchev–Trinajstić information content (AvgIpc) is 2.72. The molecule has 0 unspecified atom stereocenters. The van der Waals surface area contributed by atoms with Crippen molar-refractivity contribution in [3.8, 4) is 0 Å². The molecular formula is C21H28N4O4. The molecule has 1 aliphatic rings. The van der Waals surface area contributed by atoms with Crippen LogP contribution in [0.1, 0.15) is 22.2 Å². The normalized spacial score (nSPS) is 17.3. The van der Waals surface area contributed by atoms with Crippen molar-refractivity contribution in [2.24, 2.45) is 0 Å². The Morgan fingerprint density at radius 3 is 2.90 bits per heavy atom. The van der Waals surface area contributed by atoms with E-state index in [2.05, 4.69) is 5.32 Å².